The van der Waals surface area contributed by atoms with Gasteiger partial charge in [-0.2, -0.15) is 0 Å². The molecule has 0 amide bonds. The van der Waals surface area contributed by atoms with Crippen LogP contribution in [0, 0.1) is 5.41 Å². The first kappa shape index (κ1) is 15.0. The van der Waals surface area contributed by atoms with Crippen LogP contribution in [0.25, 0.3) is 0 Å². The summed E-state index contributed by atoms with van der Waals surface area (Å²) >= 11 is 0. The minimum absolute atomic E-state index is 0.529. The minimum Gasteiger partial charge on any atom is -0.385 e. The van der Waals surface area contributed by atoms with E-state index in [9.17, 15) is 0 Å². The summed E-state index contributed by atoms with van der Waals surface area (Å²) in [6.07, 6.45) is 10.8. The van der Waals surface area contributed by atoms with Crippen molar-refractivity contribution in [1.82, 2.24) is 5.32 Å². The average Bonchev–Trinajstić information content (AvgIpc) is 2.34. The summed E-state index contributed by atoms with van der Waals surface area (Å²) < 4.78 is 5.19. The maximum Gasteiger partial charge on any atom is 0.0462 e. The average molecular weight is 241 g/mol. The first-order chi connectivity index (χ1) is 8.23. The van der Waals surface area contributed by atoms with Crippen molar-refractivity contribution in [2.75, 3.05) is 20.3 Å². The molecule has 1 aliphatic carbocycles. The highest BCUT2D eigenvalue weighted by atomic mass is 16.5. The molecule has 0 spiro atoms. The molecule has 0 aromatic heterocycles. The number of hydrogen-bond acceptors (Lipinski definition) is 2. The van der Waals surface area contributed by atoms with Crippen LogP contribution in [-0.2, 0) is 4.74 Å². The van der Waals surface area contributed by atoms with Crippen molar-refractivity contribution in [2.24, 2.45) is 5.41 Å². The van der Waals surface area contributed by atoms with Crippen LogP contribution in [0.5, 0.6) is 0 Å². The van der Waals surface area contributed by atoms with Crippen LogP contribution < -0.4 is 5.32 Å². The zero-order valence-corrected chi connectivity index (χ0v) is 12.1. The molecule has 0 radical (unpaired) electrons. The van der Waals surface area contributed by atoms with Crippen LogP contribution in [0.4, 0.5) is 0 Å². The number of methoxy groups -OCH3 is 1. The van der Waals surface area contributed by atoms with Gasteiger partial charge in [-0.05, 0) is 44.1 Å². The molecule has 1 atom stereocenters. The van der Waals surface area contributed by atoms with Gasteiger partial charge in [-0.1, -0.05) is 33.1 Å². The summed E-state index contributed by atoms with van der Waals surface area (Å²) in [5, 5.41) is 3.78. The van der Waals surface area contributed by atoms with E-state index in [2.05, 4.69) is 19.2 Å². The molecule has 0 saturated heterocycles. The van der Waals surface area contributed by atoms with Gasteiger partial charge in [-0.25, -0.2) is 0 Å². The lowest BCUT2D eigenvalue weighted by Crippen LogP contribution is -2.45. The Morgan fingerprint density at radius 3 is 2.53 bits per heavy atom. The highest BCUT2D eigenvalue weighted by molar-refractivity contribution is 4.89. The standard InChI is InChI=1S/C15H31NO/c1-4-12-16-14(9-8-13-17-3)15(2)10-6-5-7-11-15/h14,16H,4-13H2,1-3H3. The molecule has 1 rings (SSSR count). The van der Waals surface area contributed by atoms with E-state index in [1.165, 1.54) is 51.4 Å². The fourth-order valence-corrected chi connectivity index (χ4v) is 3.16. The molecular weight excluding hydrogens is 210 g/mol. The molecular formula is C15H31NO. The molecule has 2 nitrogen and oxygen atoms in total. The van der Waals surface area contributed by atoms with Crippen LogP contribution in [0.15, 0.2) is 0 Å². The Balaban J connectivity index is 2.46. The van der Waals surface area contributed by atoms with Crippen LogP contribution in [-0.4, -0.2) is 26.3 Å². The van der Waals surface area contributed by atoms with E-state index in [-0.39, 0.29) is 0 Å². The van der Waals surface area contributed by atoms with Crippen molar-refractivity contribution in [3.05, 3.63) is 0 Å². The molecule has 0 bridgehead atoms. The number of nitrogens with one attached hydrogen (secondary N) is 1. The summed E-state index contributed by atoms with van der Waals surface area (Å²) in [6.45, 7) is 6.81. The second-order valence-electron chi connectivity index (χ2n) is 5.86. The Hall–Kier alpha value is -0.0800. The molecule has 0 aromatic rings. The summed E-state index contributed by atoms with van der Waals surface area (Å²) in [5.74, 6) is 0. The molecule has 0 heterocycles. The monoisotopic (exact) mass is 241 g/mol. The van der Waals surface area contributed by atoms with E-state index in [0.29, 0.717) is 11.5 Å². The Morgan fingerprint density at radius 1 is 1.24 bits per heavy atom. The van der Waals surface area contributed by atoms with Gasteiger partial charge in [-0.15, -0.1) is 0 Å². The second-order valence-corrected chi connectivity index (χ2v) is 5.86. The Morgan fingerprint density at radius 2 is 1.94 bits per heavy atom. The molecule has 1 saturated carbocycles. The second kappa shape index (κ2) is 8.10. The van der Waals surface area contributed by atoms with Crippen molar-refractivity contribution in [1.29, 1.82) is 0 Å². The third kappa shape index (κ3) is 4.97. The predicted molar refractivity (Wildman–Crippen MR) is 74.4 cm³/mol. The van der Waals surface area contributed by atoms with Crippen molar-refractivity contribution in [3.63, 3.8) is 0 Å². The van der Waals surface area contributed by atoms with Gasteiger partial charge in [0.25, 0.3) is 0 Å². The molecule has 102 valence electrons. The lowest BCUT2D eigenvalue weighted by Gasteiger charge is -2.41. The molecule has 17 heavy (non-hydrogen) atoms. The minimum atomic E-state index is 0.529. The first-order valence-corrected chi connectivity index (χ1v) is 7.45. The van der Waals surface area contributed by atoms with E-state index >= 15 is 0 Å². The van der Waals surface area contributed by atoms with Crippen molar-refractivity contribution in [2.45, 2.75) is 71.3 Å². The smallest absolute Gasteiger partial charge is 0.0462 e. The van der Waals surface area contributed by atoms with Gasteiger partial charge < -0.3 is 10.1 Å². The molecule has 1 N–H and O–H groups in total. The zero-order chi connectivity index (χ0) is 12.6. The van der Waals surface area contributed by atoms with Crippen molar-refractivity contribution in [3.8, 4) is 0 Å². The summed E-state index contributed by atoms with van der Waals surface area (Å²) in [4.78, 5) is 0. The van der Waals surface area contributed by atoms with Gasteiger partial charge >= 0.3 is 0 Å². The summed E-state index contributed by atoms with van der Waals surface area (Å²) in [7, 11) is 1.80. The molecule has 0 aromatic carbocycles. The Labute approximate surface area is 108 Å². The third-order valence-electron chi connectivity index (χ3n) is 4.32. The number of ether oxygens (including phenoxy) is 1. The summed E-state index contributed by atoms with van der Waals surface area (Å²) in [6, 6.07) is 0.692. The van der Waals surface area contributed by atoms with Crippen molar-refractivity contribution < 1.29 is 4.74 Å². The van der Waals surface area contributed by atoms with Gasteiger partial charge in [0.15, 0.2) is 0 Å². The predicted octanol–water partition coefficient (Wildman–Crippen LogP) is 3.75. The molecule has 0 aliphatic heterocycles. The molecule has 1 aliphatic rings. The number of hydrogen-bond donors (Lipinski definition) is 1. The van der Waals surface area contributed by atoms with E-state index < -0.39 is 0 Å². The largest absolute Gasteiger partial charge is 0.385 e. The normalized spacial score (nSPS) is 21.4. The maximum absolute atomic E-state index is 5.19. The van der Waals surface area contributed by atoms with Crippen molar-refractivity contribution >= 4 is 0 Å². The third-order valence-corrected chi connectivity index (χ3v) is 4.32. The topological polar surface area (TPSA) is 21.3 Å². The number of rotatable bonds is 8. The fourth-order valence-electron chi connectivity index (χ4n) is 3.16. The van der Waals surface area contributed by atoms with Gasteiger partial charge in [-0.3, -0.25) is 0 Å². The van der Waals surface area contributed by atoms with Crippen LogP contribution in [0.1, 0.15) is 65.2 Å². The van der Waals surface area contributed by atoms with Gasteiger partial charge in [0.1, 0.15) is 0 Å². The van der Waals surface area contributed by atoms with E-state index in [0.717, 1.165) is 13.2 Å². The Kier molecular flexibility index (Phi) is 7.14. The van der Waals surface area contributed by atoms with Crippen LogP contribution in [0.2, 0.25) is 0 Å². The SMILES string of the molecule is CCCNC(CCCOC)C1(C)CCCCC1. The zero-order valence-electron chi connectivity index (χ0n) is 12.1. The van der Waals surface area contributed by atoms with E-state index in [1.54, 1.807) is 7.11 Å². The first-order valence-electron chi connectivity index (χ1n) is 7.45. The maximum atomic E-state index is 5.19. The fraction of sp³-hybridized carbons (Fsp3) is 1.00. The Bertz CT molecular complexity index is 187. The molecule has 1 unspecified atom stereocenters. The van der Waals surface area contributed by atoms with Gasteiger partial charge in [0.2, 0.25) is 0 Å². The summed E-state index contributed by atoms with van der Waals surface area (Å²) in [5.41, 5.74) is 0.529. The lowest BCUT2D eigenvalue weighted by molar-refractivity contribution is 0.123. The molecule has 1 fully saturated rings. The lowest BCUT2D eigenvalue weighted by atomic mass is 9.69. The van der Waals surface area contributed by atoms with Gasteiger partial charge in [0, 0.05) is 19.8 Å². The quantitative estimate of drug-likeness (QED) is 0.653. The molecule has 2 heteroatoms. The highest BCUT2D eigenvalue weighted by Crippen LogP contribution is 2.40. The van der Waals surface area contributed by atoms with Gasteiger partial charge in [0.05, 0.1) is 0 Å². The van der Waals surface area contributed by atoms with Crippen LogP contribution >= 0.6 is 0 Å². The van der Waals surface area contributed by atoms with E-state index in [4.69, 9.17) is 4.74 Å². The van der Waals surface area contributed by atoms with Crippen LogP contribution in [0.3, 0.4) is 0 Å². The highest BCUT2D eigenvalue weighted by Gasteiger charge is 2.34. The van der Waals surface area contributed by atoms with E-state index in [1.807, 2.05) is 0 Å².